The van der Waals surface area contributed by atoms with E-state index in [-0.39, 0.29) is 41.6 Å². The number of Topliss-reactive ketones (excluding diaryl/α,β-unsaturated/α-hetero) is 2. The van der Waals surface area contributed by atoms with Crippen LogP contribution in [0.15, 0.2) is 59.1 Å². The topological polar surface area (TPSA) is 190 Å². The number of allylic oxidation sites excluding steroid dienone is 1. The van der Waals surface area contributed by atoms with E-state index in [1.807, 2.05) is 0 Å². The predicted molar refractivity (Wildman–Crippen MR) is 150 cm³/mol. The van der Waals surface area contributed by atoms with Gasteiger partial charge in [0.2, 0.25) is 11.7 Å². The van der Waals surface area contributed by atoms with Gasteiger partial charge in [0.05, 0.1) is 11.6 Å². The van der Waals surface area contributed by atoms with Crippen molar-refractivity contribution in [3.05, 3.63) is 70.2 Å². The molecule has 4 atom stereocenters. The summed E-state index contributed by atoms with van der Waals surface area (Å²) in [6.45, 7) is 0. The Kier molecular flexibility index (Phi) is 6.28. The minimum absolute atomic E-state index is 0.00694. The van der Waals surface area contributed by atoms with E-state index in [0.717, 1.165) is 18.4 Å². The van der Waals surface area contributed by atoms with Gasteiger partial charge < -0.3 is 31.5 Å². The lowest BCUT2D eigenvalue weighted by molar-refractivity contribution is -0.148. The van der Waals surface area contributed by atoms with Gasteiger partial charge >= 0.3 is 0 Å². The highest BCUT2D eigenvalue weighted by Gasteiger charge is 2.63. The van der Waals surface area contributed by atoms with E-state index in [2.05, 4.69) is 5.32 Å². The molecule has 42 heavy (non-hydrogen) atoms. The maximum atomic E-state index is 13.9. The molecular formula is C31H31N3O8. The van der Waals surface area contributed by atoms with Crippen molar-refractivity contribution >= 4 is 29.1 Å². The van der Waals surface area contributed by atoms with Crippen molar-refractivity contribution in [3.63, 3.8) is 0 Å². The lowest BCUT2D eigenvalue weighted by Crippen LogP contribution is -2.63. The summed E-state index contributed by atoms with van der Waals surface area (Å²) < 4.78 is 0. The number of benzene rings is 2. The normalized spacial score (nSPS) is 27.0. The zero-order chi connectivity index (χ0) is 30.2. The minimum Gasteiger partial charge on any atom is -0.510 e. The molecule has 0 heterocycles. The average molecular weight is 574 g/mol. The van der Waals surface area contributed by atoms with E-state index >= 15 is 0 Å². The molecule has 6 rings (SSSR count). The molecule has 1 fully saturated rings. The van der Waals surface area contributed by atoms with Gasteiger partial charge in [-0.2, -0.15) is 0 Å². The quantitative estimate of drug-likeness (QED) is 0.291. The Morgan fingerprint density at radius 1 is 1.02 bits per heavy atom. The lowest BCUT2D eigenvalue weighted by Gasteiger charge is -2.50. The second-order valence-corrected chi connectivity index (χ2v) is 11.8. The summed E-state index contributed by atoms with van der Waals surface area (Å²) in [4.78, 5) is 53.1. The summed E-state index contributed by atoms with van der Waals surface area (Å²) in [5, 5.41) is 47.7. The number of phenolic OH excluding ortho intramolecular Hbond substituents is 1. The smallest absolute Gasteiger partial charge is 0.255 e. The van der Waals surface area contributed by atoms with E-state index in [0.29, 0.717) is 16.8 Å². The highest BCUT2D eigenvalue weighted by Crippen LogP contribution is 2.53. The van der Waals surface area contributed by atoms with Gasteiger partial charge in [0, 0.05) is 23.1 Å². The zero-order valence-electron chi connectivity index (χ0n) is 23.0. The predicted octanol–water partition coefficient (Wildman–Crippen LogP) is 2.14. The average Bonchev–Trinajstić information content (AvgIpc) is 3.77. The van der Waals surface area contributed by atoms with Crippen molar-refractivity contribution in [3.8, 4) is 16.9 Å². The first-order valence-electron chi connectivity index (χ1n) is 13.8. The van der Waals surface area contributed by atoms with E-state index < -0.39 is 58.0 Å². The molecule has 0 saturated heterocycles. The van der Waals surface area contributed by atoms with Gasteiger partial charge in [-0.3, -0.25) is 24.1 Å². The van der Waals surface area contributed by atoms with E-state index in [1.54, 1.807) is 44.4 Å². The van der Waals surface area contributed by atoms with Crippen LogP contribution in [0.2, 0.25) is 0 Å². The number of nitrogens with zero attached hydrogens (tertiary/aromatic N) is 1. The van der Waals surface area contributed by atoms with E-state index in [9.17, 15) is 39.6 Å². The first kappa shape index (κ1) is 27.7. The molecule has 2 aromatic carbocycles. The molecule has 0 unspecified atom stereocenters. The molecule has 0 aromatic heterocycles. The van der Waals surface area contributed by atoms with Crippen molar-refractivity contribution in [2.24, 2.45) is 23.5 Å². The second-order valence-electron chi connectivity index (χ2n) is 11.8. The number of aliphatic hydroxyl groups is 3. The number of nitrogens with two attached hydrogens (primary N) is 1. The van der Waals surface area contributed by atoms with E-state index in [1.165, 1.54) is 11.0 Å². The Morgan fingerprint density at radius 2 is 1.69 bits per heavy atom. The highest BCUT2D eigenvalue weighted by atomic mass is 16.3. The molecule has 4 aliphatic carbocycles. The fourth-order valence-electron chi connectivity index (χ4n) is 6.84. The third-order valence-electron chi connectivity index (χ3n) is 9.02. The van der Waals surface area contributed by atoms with Crippen LogP contribution >= 0.6 is 0 Å². The summed E-state index contributed by atoms with van der Waals surface area (Å²) in [7, 11) is 3.17. The first-order valence-corrected chi connectivity index (χ1v) is 13.8. The van der Waals surface area contributed by atoms with Gasteiger partial charge in [0.15, 0.2) is 11.4 Å². The third-order valence-corrected chi connectivity index (χ3v) is 9.02. The highest BCUT2D eigenvalue weighted by molar-refractivity contribution is 6.25. The van der Waals surface area contributed by atoms with Crippen LogP contribution < -0.4 is 11.1 Å². The van der Waals surface area contributed by atoms with Crippen LogP contribution in [0.3, 0.4) is 0 Å². The third kappa shape index (κ3) is 3.95. The zero-order valence-corrected chi connectivity index (χ0v) is 23.0. The Morgan fingerprint density at radius 3 is 2.29 bits per heavy atom. The fourth-order valence-corrected chi connectivity index (χ4v) is 6.84. The van der Waals surface area contributed by atoms with Crippen LogP contribution in [0.1, 0.15) is 35.2 Å². The van der Waals surface area contributed by atoms with Gasteiger partial charge in [-0.15, -0.1) is 0 Å². The molecule has 7 N–H and O–H groups in total. The van der Waals surface area contributed by atoms with Gasteiger partial charge in [0.25, 0.3) is 5.91 Å². The Labute approximate surface area is 240 Å². The number of ketones is 2. The summed E-state index contributed by atoms with van der Waals surface area (Å²) in [5.41, 5.74) is 4.16. The number of aromatic hydroxyl groups is 1. The minimum atomic E-state index is -2.68. The van der Waals surface area contributed by atoms with Gasteiger partial charge in [-0.1, -0.05) is 18.2 Å². The first-order chi connectivity index (χ1) is 19.9. The van der Waals surface area contributed by atoms with Crippen LogP contribution in [-0.4, -0.2) is 74.4 Å². The molecule has 2 amide bonds. The number of primary amides is 1. The molecule has 218 valence electrons. The largest absolute Gasteiger partial charge is 0.510 e. The van der Waals surface area contributed by atoms with Crippen molar-refractivity contribution in [1.82, 2.24) is 4.90 Å². The van der Waals surface area contributed by atoms with Crippen LogP contribution in [0.25, 0.3) is 11.1 Å². The summed E-state index contributed by atoms with van der Waals surface area (Å²) in [6.07, 6.45) is 1.95. The van der Waals surface area contributed by atoms with Crippen molar-refractivity contribution in [2.75, 3.05) is 19.4 Å². The monoisotopic (exact) mass is 573 g/mol. The molecule has 0 bridgehead atoms. The lowest BCUT2D eigenvalue weighted by atomic mass is 9.58. The Bertz CT molecular complexity index is 1640. The van der Waals surface area contributed by atoms with Crippen molar-refractivity contribution in [1.29, 1.82) is 0 Å². The summed E-state index contributed by atoms with van der Waals surface area (Å²) in [6, 6.07) is 9.13. The Hall–Kier alpha value is -4.48. The van der Waals surface area contributed by atoms with Crippen LogP contribution in [0.4, 0.5) is 5.69 Å². The number of rotatable bonds is 5. The second kappa shape index (κ2) is 9.53. The van der Waals surface area contributed by atoms with E-state index in [4.69, 9.17) is 5.73 Å². The number of hydrogen-bond donors (Lipinski definition) is 6. The number of aliphatic hydroxyl groups excluding tert-OH is 2. The SMILES string of the molecule is CN(C)[C@H]1C(O)=C(C(N)=O)C(=O)[C@@]2(O)C(O)=C3C(=O)c4c(O)ccc(-c5ccc(NC(=O)C6CC6)cc5)c4C[C@@H]3C[C@H]12. The number of fused-ring (bicyclic) bond motifs is 3. The van der Waals surface area contributed by atoms with Crippen LogP contribution in [-0.2, 0) is 20.8 Å². The molecule has 11 heteroatoms. The number of anilines is 1. The number of carbonyl (C=O) groups is 4. The molecule has 0 aliphatic heterocycles. The van der Waals surface area contributed by atoms with Crippen molar-refractivity contribution in [2.45, 2.75) is 37.3 Å². The molecule has 11 nitrogen and oxygen atoms in total. The number of phenols is 1. The fraction of sp³-hybridized carbons (Fsp3) is 0.355. The maximum absolute atomic E-state index is 13.9. The maximum Gasteiger partial charge on any atom is 0.255 e. The molecular weight excluding hydrogens is 542 g/mol. The number of likely N-dealkylation sites (N-methyl/N-ethyl adjacent to an activating group) is 1. The number of carbonyl (C=O) groups excluding carboxylic acids is 4. The molecule has 0 radical (unpaired) electrons. The molecule has 4 aliphatic rings. The molecule has 1 saturated carbocycles. The Balaban J connectivity index is 1.44. The van der Waals surface area contributed by atoms with Crippen molar-refractivity contribution < 1.29 is 39.6 Å². The standard InChI is InChI=1S/C31H31N3O8/c1-34(2)24-19-12-15-11-18-17(13-5-7-16(8-6-13)33-30(41)14-3-4-14)9-10-20(35)22(18)25(36)21(15)27(38)31(19,42)28(39)23(26(24)37)29(32)40/h5-10,14-15,19,24,35,37-38,42H,3-4,11-12H2,1-2H3,(H2,32,40)(H,33,41)/t15-,19-,24-,31+/m1/s1. The van der Waals surface area contributed by atoms with Gasteiger partial charge in [-0.05, 0) is 80.6 Å². The number of hydrogen-bond acceptors (Lipinski definition) is 9. The molecule has 0 spiro atoms. The summed E-state index contributed by atoms with van der Waals surface area (Å²) in [5.74, 6) is -6.86. The van der Waals surface area contributed by atoms with Gasteiger partial charge in [-0.25, -0.2) is 0 Å². The number of nitrogens with one attached hydrogen (secondary N) is 1. The van der Waals surface area contributed by atoms with Gasteiger partial charge in [0.1, 0.15) is 22.8 Å². The number of amides is 2. The summed E-state index contributed by atoms with van der Waals surface area (Å²) >= 11 is 0. The van der Waals surface area contributed by atoms with Crippen LogP contribution in [0.5, 0.6) is 5.75 Å². The molecule has 2 aromatic rings. The van der Waals surface area contributed by atoms with Crippen LogP contribution in [0, 0.1) is 17.8 Å².